The van der Waals surface area contributed by atoms with Gasteiger partial charge in [0.25, 0.3) is 23.6 Å². The third-order valence-corrected chi connectivity index (χ3v) is 26.7. The average molecular weight is 2060 g/mol. The molecular weight excluding hydrogens is 1910 g/mol. The lowest BCUT2D eigenvalue weighted by atomic mass is 9.98. The summed E-state index contributed by atoms with van der Waals surface area (Å²) >= 11 is 12.8. The Hall–Kier alpha value is -12.6. The number of amides is 4. The van der Waals surface area contributed by atoms with E-state index < -0.39 is 35.4 Å². The number of allylic oxidation sites excluding steroid dienone is 12. The highest BCUT2D eigenvalue weighted by molar-refractivity contribution is 6.34. The second-order valence-electron chi connectivity index (χ2n) is 38.4. The number of oxime groups is 4. The second-order valence-corrected chi connectivity index (χ2v) is 39.2. The van der Waals surface area contributed by atoms with Crippen molar-refractivity contribution >= 4 is 93.6 Å². The number of nitrogens with zero attached hydrogens (tertiary/aromatic N) is 8. The van der Waals surface area contributed by atoms with Crippen molar-refractivity contribution in [3.8, 4) is 46.0 Å². The van der Waals surface area contributed by atoms with Gasteiger partial charge in [0.2, 0.25) is 0 Å². The lowest BCUT2D eigenvalue weighted by molar-refractivity contribution is -0.137. The van der Waals surface area contributed by atoms with E-state index in [2.05, 4.69) is 72.6 Å². The molecule has 32 nitrogen and oxygen atoms in total. The van der Waals surface area contributed by atoms with Crippen molar-refractivity contribution in [2.24, 2.45) is 44.3 Å². The van der Waals surface area contributed by atoms with Gasteiger partial charge in [0.1, 0.15) is 92.7 Å². The van der Waals surface area contributed by atoms with Gasteiger partial charge in [-0.2, -0.15) is 0 Å². The van der Waals surface area contributed by atoms with Gasteiger partial charge in [-0.05, 0) is 211 Å². The number of cyclic esters (lactones) is 4. The molecule has 4 saturated heterocycles. The molecule has 0 bridgehead atoms. The van der Waals surface area contributed by atoms with Gasteiger partial charge < -0.3 is 98.7 Å². The zero-order chi connectivity index (χ0) is 105. The van der Waals surface area contributed by atoms with E-state index in [4.69, 9.17) is 61.5 Å². The van der Waals surface area contributed by atoms with Gasteiger partial charge in [0.05, 0.1) is 32.9 Å². The van der Waals surface area contributed by atoms with E-state index >= 15 is 0 Å². The van der Waals surface area contributed by atoms with Crippen LogP contribution in [0.5, 0.6) is 46.0 Å². The third kappa shape index (κ3) is 39.0. The molecule has 0 saturated carbocycles. The molecule has 12 rings (SSSR count). The predicted molar refractivity (Wildman–Crippen MR) is 562 cm³/mol. The quantitative estimate of drug-likeness (QED) is 0.0176. The summed E-state index contributed by atoms with van der Waals surface area (Å²) in [5, 5.41) is 99.6. The van der Waals surface area contributed by atoms with Crippen LogP contribution in [0.15, 0.2) is 154 Å². The van der Waals surface area contributed by atoms with Crippen LogP contribution < -0.4 is 0 Å². The van der Waals surface area contributed by atoms with E-state index in [1.165, 1.54) is 12.1 Å². The van der Waals surface area contributed by atoms with Crippen LogP contribution in [0.3, 0.4) is 0 Å². The van der Waals surface area contributed by atoms with Gasteiger partial charge >= 0.3 is 23.9 Å². The summed E-state index contributed by atoms with van der Waals surface area (Å²) in [6.07, 6.45) is 53.8. The fourth-order valence-corrected chi connectivity index (χ4v) is 18.4. The highest BCUT2D eigenvalue weighted by Gasteiger charge is 2.33. The number of rotatable bonds is 20. The van der Waals surface area contributed by atoms with Crippen molar-refractivity contribution in [1.29, 1.82) is 0 Å². The van der Waals surface area contributed by atoms with Crippen LogP contribution in [0, 0.1) is 23.7 Å². The summed E-state index contributed by atoms with van der Waals surface area (Å²) in [4.78, 5) is 131. The first-order chi connectivity index (χ1) is 70.3. The smallest absolute Gasteiger partial charge is 0.342 e. The first-order valence-corrected chi connectivity index (χ1v) is 52.7. The molecule has 8 aliphatic heterocycles. The number of halogens is 2. The number of hydrogen-bond acceptors (Lipinski definition) is 28. The molecule has 8 atom stereocenters. The van der Waals surface area contributed by atoms with Crippen molar-refractivity contribution < 1.29 is 118 Å². The van der Waals surface area contributed by atoms with Crippen LogP contribution in [-0.4, -0.2) is 234 Å². The number of aromatic hydroxyl groups is 8. The third-order valence-electron chi connectivity index (χ3n) is 25.9. The Kier molecular flexibility index (Phi) is 50.0. The highest BCUT2D eigenvalue weighted by atomic mass is 35.5. The topological polar surface area (TPSA) is 435 Å². The highest BCUT2D eigenvalue weighted by Crippen LogP contribution is 2.41. The Morgan fingerprint density at radius 3 is 0.795 bits per heavy atom. The van der Waals surface area contributed by atoms with E-state index in [0.717, 1.165) is 179 Å². The van der Waals surface area contributed by atoms with Crippen LogP contribution in [-0.2, 0) is 83.2 Å². The zero-order valence-electron chi connectivity index (χ0n) is 85.9. The number of phenols is 8. The number of piperidine rings is 4. The van der Waals surface area contributed by atoms with Crippen molar-refractivity contribution in [2.45, 2.75) is 285 Å². The molecule has 4 amide bonds. The monoisotopic (exact) mass is 2060 g/mol. The minimum atomic E-state index is -0.726. The fraction of sp³-hybridized carbons (Fsp3) is 0.536. The second kappa shape index (κ2) is 62.4. The Morgan fingerprint density at radius 1 is 0.315 bits per heavy atom. The number of hydrogen-bond donors (Lipinski definition) is 8. The number of likely N-dealkylation sites (tertiary alicyclic amines) is 4. The molecule has 0 radical (unpaired) electrons. The summed E-state index contributed by atoms with van der Waals surface area (Å²) in [7, 11) is 0. The minimum Gasteiger partial charge on any atom is -0.508 e. The number of carbonyl (C=O) groups excluding carboxylic acids is 8. The number of fused-ring (bicyclic) bond motifs is 4. The molecule has 8 unspecified atom stereocenters. The first-order valence-electron chi connectivity index (χ1n) is 51.9. The van der Waals surface area contributed by atoms with Crippen molar-refractivity contribution in [2.75, 3.05) is 78.8 Å². The standard InChI is InChI=1S/2C28H37ClN2O6.2C28H38N2O6/c2*1-3-9-21-13-8-11-19(2)10-7-12-20(30-36-18-25(34)31-14-5-4-6-15-31)16-22-26(28(35)37-21)23(32)17-24(33)27(22)29;2*1-3-9-24-13-8-11-20(2)10-7-12-22(29-35-19-26(33)30-14-5-4-6-15-30)16-21-17-23(31)18-25(32)27(21)28(34)36-24/h2*7-8,11-12,17,19,21,32-33H,3-6,9-10,13-16,18H2,1-2H3;2*7-8,11-12,17-18,20,24,31-32H,3-6,9-10,13-16,19H2,1-2H3/b11-8+,12-7+,30-20+;11-8+,12-7+,30-20-;11-8+,12-7+,29-22+;11-8+,12-7+,29-22-. The maximum Gasteiger partial charge on any atom is 0.342 e. The van der Waals surface area contributed by atoms with Crippen LogP contribution in [0.1, 0.15) is 299 Å². The molecule has 34 heteroatoms. The molecule has 4 aromatic carbocycles. The summed E-state index contributed by atoms with van der Waals surface area (Å²) < 4.78 is 23.0. The predicted octanol–water partition coefficient (Wildman–Crippen LogP) is 20.9. The van der Waals surface area contributed by atoms with Crippen molar-refractivity contribution in [1.82, 2.24) is 19.6 Å². The Balaban J connectivity index is 0.000000217. The van der Waals surface area contributed by atoms with E-state index in [-0.39, 0.29) is 202 Å². The molecule has 4 fully saturated rings. The maximum absolute atomic E-state index is 13.2. The average Bonchev–Trinajstić information content (AvgIpc) is 0.787. The Bertz CT molecular complexity index is 5060. The number of carbonyl (C=O) groups is 8. The summed E-state index contributed by atoms with van der Waals surface area (Å²) in [6.45, 7) is 21.5. The van der Waals surface area contributed by atoms with Gasteiger partial charge in [-0.3, -0.25) is 19.2 Å². The molecule has 0 spiro atoms. The van der Waals surface area contributed by atoms with Crippen LogP contribution >= 0.6 is 23.2 Å². The van der Waals surface area contributed by atoms with E-state index in [1.54, 1.807) is 43.9 Å². The SMILES string of the molecule is CCCC1C/C=C/C(C)C/C=C/C(=N/OCC(=O)N2CCCCC2)Cc2c(Cl)c(O)cc(O)c2C(=O)O1.CCCC1C/C=C/C(C)C/C=C/C(=N/OCC(=O)N2CCCCC2)Cc2cc(O)cc(O)c2C(=O)O1.CCCC1C/C=C/C(C)C/C=C/C(=N\OCC(=O)N2CCCCC2)Cc2c(Cl)c(O)cc(O)c2C(=O)O1.CCCC1C/C=C/C(C)C/C=C/C(=N\OCC(=O)N2CCCCC2)Cc2cc(O)cc(O)c2C(=O)O1. The molecule has 796 valence electrons. The number of esters is 4. The molecule has 8 aliphatic rings. The van der Waals surface area contributed by atoms with Crippen LogP contribution in [0.4, 0.5) is 0 Å². The maximum atomic E-state index is 13.2. The summed E-state index contributed by atoms with van der Waals surface area (Å²) in [6, 6.07) is 7.15. The molecule has 146 heavy (non-hydrogen) atoms. The number of benzene rings is 4. The minimum absolute atomic E-state index is 0.00574. The normalized spacial score (nSPS) is 24.2. The zero-order valence-corrected chi connectivity index (χ0v) is 87.4. The van der Waals surface area contributed by atoms with Crippen molar-refractivity contribution in [3.05, 3.63) is 188 Å². The van der Waals surface area contributed by atoms with Crippen LogP contribution in [0.2, 0.25) is 10.0 Å². The van der Waals surface area contributed by atoms with Crippen LogP contribution in [0.25, 0.3) is 0 Å². The van der Waals surface area contributed by atoms with Gasteiger partial charge in [0.15, 0.2) is 26.4 Å². The van der Waals surface area contributed by atoms with Gasteiger partial charge in [-0.15, -0.1) is 0 Å². The molecular formula is C112H150Cl2N8O24. The van der Waals surface area contributed by atoms with Gasteiger partial charge in [-0.1, -0.05) is 198 Å². The lowest BCUT2D eigenvalue weighted by Crippen LogP contribution is -2.37. The number of ether oxygens (including phenoxy) is 4. The van der Waals surface area contributed by atoms with E-state index in [1.807, 2.05) is 76.3 Å². The largest absolute Gasteiger partial charge is 0.508 e. The summed E-state index contributed by atoms with van der Waals surface area (Å²) in [5.74, 6) is -4.86. The van der Waals surface area contributed by atoms with Crippen molar-refractivity contribution in [3.63, 3.8) is 0 Å². The Labute approximate surface area is 868 Å². The molecule has 8 heterocycles. The fourth-order valence-electron chi connectivity index (χ4n) is 18.0. The molecule has 0 aromatic heterocycles. The Morgan fingerprint density at radius 2 is 0.548 bits per heavy atom. The van der Waals surface area contributed by atoms with E-state index in [0.29, 0.717) is 112 Å². The van der Waals surface area contributed by atoms with E-state index in [9.17, 15) is 79.2 Å². The number of phenolic OH excluding ortho intramolecular Hbond substituents is 8. The molecule has 4 aromatic rings. The molecule has 8 N–H and O–H groups in total. The molecule has 0 aliphatic carbocycles. The lowest BCUT2D eigenvalue weighted by Gasteiger charge is -2.26. The summed E-state index contributed by atoms with van der Waals surface area (Å²) in [5.41, 5.74) is 2.50. The van der Waals surface area contributed by atoms with Gasteiger partial charge in [0, 0.05) is 128 Å². The van der Waals surface area contributed by atoms with Gasteiger partial charge in [-0.25, -0.2) is 19.2 Å². The first kappa shape index (κ1) is 117.